The lowest BCUT2D eigenvalue weighted by molar-refractivity contribution is -0.141. The molecule has 0 aliphatic carbocycles. The van der Waals surface area contributed by atoms with Crippen molar-refractivity contribution in [3.05, 3.63) is 18.0 Å². The summed E-state index contributed by atoms with van der Waals surface area (Å²) in [5.41, 5.74) is -0.972. The van der Waals surface area contributed by atoms with E-state index in [-0.39, 0.29) is 29.9 Å². The first-order chi connectivity index (χ1) is 12.8. The van der Waals surface area contributed by atoms with Gasteiger partial charge in [0, 0.05) is 32.4 Å². The van der Waals surface area contributed by atoms with Crippen LogP contribution in [-0.2, 0) is 10.9 Å². The third-order valence-electron chi connectivity index (χ3n) is 3.34. The summed E-state index contributed by atoms with van der Waals surface area (Å²) < 4.78 is 43.4. The quantitative estimate of drug-likeness (QED) is 0.181. The number of alkyl halides is 3. The second-order valence-corrected chi connectivity index (χ2v) is 6.17. The molecule has 0 amide bonds. The molecule has 0 bridgehead atoms. The van der Waals surface area contributed by atoms with E-state index in [9.17, 15) is 13.2 Å². The van der Waals surface area contributed by atoms with E-state index in [0.717, 1.165) is 25.3 Å². The predicted octanol–water partition coefficient (Wildman–Crippen LogP) is 3.14. The van der Waals surface area contributed by atoms with Crippen molar-refractivity contribution in [3.8, 4) is 0 Å². The molecular weight excluding hydrogens is 488 g/mol. The summed E-state index contributed by atoms with van der Waals surface area (Å²) >= 11 is 0. The molecule has 0 fully saturated rings. The second kappa shape index (κ2) is 14.6. The number of nitrogens with one attached hydrogen (secondary N) is 3. The van der Waals surface area contributed by atoms with E-state index in [2.05, 4.69) is 44.8 Å². The number of hydrogen-bond donors (Lipinski definition) is 3. The highest BCUT2D eigenvalue weighted by Gasteiger charge is 2.32. The summed E-state index contributed by atoms with van der Waals surface area (Å²) in [4.78, 5) is 11.6. The van der Waals surface area contributed by atoms with Crippen molar-refractivity contribution in [2.75, 3.05) is 44.7 Å². The van der Waals surface area contributed by atoms with Crippen molar-refractivity contribution in [2.45, 2.75) is 33.4 Å². The summed E-state index contributed by atoms with van der Waals surface area (Å²) in [6, 6.07) is 0.836. The monoisotopic (exact) mass is 518 g/mol. The minimum atomic E-state index is -4.49. The van der Waals surface area contributed by atoms with Crippen molar-refractivity contribution in [3.63, 3.8) is 0 Å². The number of guanidine groups is 1. The van der Waals surface area contributed by atoms with Gasteiger partial charge in [0.15, 0.2) is 5.96 Å². The molecule has 1 aromatic rings. The lowest BCUT2D eigenvalue weighted by Gasteiger charge is -2.12. The van der Waals surface area contributed by atoms with Crippen LogP contribution < -0.4 is 16.0 Å². The van der Waals surface area contributed by atoms with Crippen LogP contribution in [0.4, 0.5) is 19.1 Å². The Kier molecular flexibility index (Phi) is 13.9. The van der Waals surface area contributed by atoms with Crippen LogP contribution in [-0.4, -0.2) is 55.3 Å². The molecular formula is C17H30F3IN6O. The first kappa shape index (κ1) is 26.6. The van der Waals surface area contributed by atoms with Gasteiger partial charge in [-0.15, -0.1) is 24.0 Å². The highest BCUT2D eigenvalue weighted by molar-refractivity contribution is 14.0. The molecule has 0 aliphatic heterocycles. The van der Waals surface area contributed by atoms with Crippen LogP contribution in [0.25, 0.3) is 0 Å². The molecule has 0 unspecified atom stereocenters. The van der Waals surface area contributed by atoms with Gasteiger partial charge < -0.3 is 20.7 Å². The molecule has 162 valence electrons. The molecule has 1 rings (SSSR count). The molecule has 11 heteroatoms. The van der Waals surface area contributed by atoms with Gasteiger partial charge in [-0.3, -0.25) is 4.99 Å². The fraction of sp³-hybridized carbons (Fsp3) is 0.706. The molecule has 0 radical (unpaired) electrons. The fourth-order valence-electron chi connectivity index (χ4n) is 1.94. The maximum atomic E-state index is 12.6. The van der Waals surface area contributed by atoms with E-state index in [4.69, 9.17) is 4.74 Å². The molecule has 0 saturated heterocycles. The van der Waals surface area contributed by atoms with Gasteiger partial charge in [-0.2, -0.15) is 13.2 Å². The van der Waals surface area contributed by atoms with Gasteiger partial charge in [-0.25, -0.2) is 9.97 Å². The van der Waals surface area contributed by atoms with Crippen LogP contribution in [0.15, 0.2) is 17.3 Å². The van der Waals surface area contributed by atoms with Gasteiger partial charge in [0.1, 0.15) is 5.69 Å². The van der Waals surface area contributed by atoms with Crippen LogP contribution in [0.1, 0.15) is 32.9 Å². The van der Waals surface area contributed by atoms with Crippen LogP contribution in [0.5, 0.6) is 0 Å². The molecule has 1 heterocycles. The summed E-state index contributed by atoms with van der Waals surface area (Å²) in [7, 11) is 0. The summed E-state index contributed by atoms with van der Waals surface area (Å²) in [5.74, 6) is 1.17. The van der Waals surface area contributed by atoms with Crippen molar-refractivity contribution >= 4 is 35.9 Å². The van der Waals surface area contributed by atoms with Gasteiger partial charge in [0.05, 0.1) is 13.2 Å². The van der Waals surface area contributed by atoms with Gasteiger partial charge in [0.25, 0.3) is 0 Å². The summed E-state index contributed by atoms with van der Waals surface area (Å²) in [5, 5.41) is 8.94. The van der Waals surface area contributed by atoms with Gasteiger partial charge >= 0.3 is 6.18 Å². The van der Waals surface area contributed by atoms with E-state index in [0.29, 0.717) is 44.7 Å². The SMILES string of the molecule is CCNC(=NCCOCCC(C)C)NCCNc1nccc(C(F)(F)F)n1.I. The number of hydrogen-bond acceptors (Lipinski definition) is 5. The van der Waals surface area contributed by atoms with Crippen molar-refractivity contribution in [1.29, 1.82) is 0 Å². The Balaban J connectivity index is 0.00000729. The van der Waals surface area contributed by atoms with Gasteiger partial charge in [-0.05, 0) is 25.3 Å². The van der Waals surface area contributed by atoms with E-state index < -0.39 is 11.9 Å². The first-order valence-electron chi connectivity index (χ1n) is 9.07. The van der Waals surface area contributed by atoms with E-state index in [1.54, 1.807) is 0 Å². The molecule has 0 aromatic carbocycles. The normalized spacial score (nSPS) is 11.9. The third kappa shape index (κ3) is 12.2. The zero-order chi connectivity index (χ0) is 20.1. The number of halogens is 4. The standard InChI is InChI=1S/C17H29F3N6O.HI/c1-4-21-15(25-10-12-27-11-6-13(2)3)23-8-9-24-16-22-7-5-14(26-16)17(18,19)20;/h5,7,13H,4,6,8-12H2,1-3H3,(H2,21,23,25)(H,22,24,26);1H. The van der Waals surface area contributed by atoms with Crippen LogP contribution in [0.2, 0.25) is 0 Å². The van der Waals surface area contributed by atoms with Crippen LogP contribution >= 0.6 is 24.0 Å². The number of aromatic nitrogens is 2. The van der Waals surface area contributed by atoms with Crippen molar-refractivity contribution in [1.82, 2.24) is 20.6 Å². The smallest absolute Gasteiger partial charge is 0.380 e. The van der Waals surface area contributed by atoms with Crippen molar-refractivity contribution in [2.24, 2.45) is 10.9 Å². The molecule has 3 N–H and O–H groups in total. The first-order valence-corrected chi connectivity index (χ1v) is 9.07. The average Bonchev–Trinajstić information content (AvgIpc) is 2.60. The van der Waals surface area contributed by atoms with Gasteiger partial charge in [-0.1, -0.05) is 13.8 Å². The number of nitrogens with zero attached hydrogens (tertiary/aromatic N) is 3. The number of rotatable bonds is 11. The Bertz CT molecular complexity index is 572. The Labute approximate surface area is 181 Å². The molecule has 0 aliphatic rings. The maximum absolute atomic E-state index is 12.6. The molecule has 28 heavy (non-hydrogen) atoms. The molecule has 0 spiro atoms. The van der Waals surface area contributed by atoms with Crippen LogP contribution in [0, 0.1) is 5.92 Å². The Morgan fingerprint density at radius 1 is 1.21 bits per heavy atom. The van der Waals surface area contributed by atoms with Gasteiger partial charge in [0.2, 0.25) is 5.95 Å². The predicted molar refractivity (Wildman–Crippen MR) is 115 cm³/mol. The number of anilines is 1. The Morgan fingerprint density at radius 3 is 2.61 bits per heavy atom. The number of aliphatic imine (C=N–C) groups is 1. The molecule has 0 saturated carbocycles. The Morgan fingerprint density at radius 2 is 1.96 bits per heavy atom. The fourth-order valence-corrected chi connectivity index (χ4v) is 1.94. The molecule has 1 aromatic heterocycles. The zero-order valence-corrected chi connectivity index (χ0v) is 18.8. The largest absolute Gasteiger partial charge is 0.433 e. The summed E-state index contributed by atoms with van der Waals surface area (Å²) in [6.07, 6.45) is -2.39. The Hall–Kier alpha value is -1.37. The van der Waals surface area contributed by atoms with Crippen molar-refractivity contribution < 1.29 is 17.9 Å². The average molecular weight is 518 g/mol. The third-order valence-corrected chi connectivity index (χ3v) is 3.34. The highest BCUT2D eigenvalue weighted by Crippen LogP contribution is 2.27. The van der Waals surface area contributed by atoms with Crippen LogP contribution in [0.3, 0.4) is 0 Å². The minimum absolute atomic E-state index is 0. The lowest BCUT2D eigenvalue weighted by Crippen LogP contribution is -2.39. The number of ether oxygens (including phenoxy) is 1. The van der Waals surface area contributed by atoms with E-state index in [1.165, 1.54) is 0 Å². The van der Waals surface area contributed by atoms with E-state index >= 15 is 0 Å². The highest BCUT2D eigenvalue weighted by atomic mass is 127. The topological polar surface area (TPSA) is 83.5 Å². The lowest BCUT2D eigenvalue weighted by atomic mass is 10.1. The maximum Gasteiger partial charge on any atom is 0.433 e. The molecule has 7 nitrogen and oxygen atoms in total. The van der Waals surface area contributed by atoms with E-state index in [1.807, 2.05) is 6.92 Å². The zero-order valence-electron chi connectivity index (χ0n) is 16.5. The molecule has 0 atom stereocenters. The summed E-state index contributed by atoms with van der Waals surface area (Å²) in [6.45, 7) is 9.51. The second-order valence-electron chi connectivity index (χ2n) is 6.17. The minimum Gasteiger partial charge on any atom is -0.380 e.